The van der Waals surface area contributed by atoms with Gasteiger partial charge in [0.15, 0.2) is 0 Å². The van der Waals surface area contributed by atoms with Crippen molar-refractivity contribution < 1.29 is 50.6 Å². The van der Waals surface area contributed by atoms with Gasteiger partial charge in [-0.05, 0) is 73.7 Å². The van der Waals surface area contributed by atoms with Crippen molar-refractivity contribution in [3.05, 3.63) is 83.6 Å². The Hall–Kier alpha value is -3.37. The van der Waals surface area contributed by atoms with E-state index in [2.05, 4.69) is 11.5 Å². The maximum atomic E-state index is 12.0. The predicted molar refractivity (Wildman–Crippen MR) is 186 cm³/mol. The third kappa shape index (κ3) is 9.87. The summed E-state index contributed by atoms with van der Waals surface area (Å²) < 4.78 is 80.5. The number of aliphatic carboxylic acids is 1. The number of unbranched alkanes of at least 4 members (excludes halogenated alkanes) is 2. The first-order valence-electron chi connectivity index (χ1n) is 16.0. The Morgan fingerprint density at radius 1 is 1.04 bits per heavy atom. The maximum Gasteiger partial charge on any atom is 0.303 e. The molecule has 0 amide bonds. The van der Waals surface area contributed by atoms with Crippen molar-refractivity contribution in [1.29, 1.82) is 0 Å². The van der Waals surface area contributed by atoms with Crippen LogP contribution in [0.5, 0.6) is 0 Å². The lowest BCUT2D eigenvalue weighted by Crippen LogP contribution is -2.79. The van der Waals surface area contributed by atoms with E-state index in [9.17, 15) is 30.7 Å². The van der Waals surface area contributed by atoms with E-state index in [0.717, 1.165) is 17.1 Å². The van der Waals surface area contributed by atoms with Crippen LogP contribution in [0.15, 0.2) is 82.3 Å². The number of carbonyl (C=O) groups is 1. The molecule has 4 N–H and O–H groups in total. The Labute approximate surface area is 290 Å². The largest absolute Gasteiger partial charge is 0.744 e. The number of fused-ring (bicyclic) bond motifs is 1. The number of ether oxygens (including phenoxy) is 2. The molecule has 1 unspecified atom stereocenters. The van der Waals surface area contributed by atoms with Crippen LogP contribution in [0, 0.1) is 0 Å². The zero-order valence-corrected chi connectivity index (χ0v) is 30.4. The molecule has 3 rings (SSSR count). The van der Waals surface area contributed by atoms with Gasteiger partial charge < -0.3 is 29.3 Å². The highest BCUT2D eigenvalue weighted by Gasteiger charge is 2.43. The fraction of sp³-hybridized carbons (Fsp3) is 0.457. The number of anilines is 1. The van der Waals surface area contributed by atoms with Gasteiger partial charge in [0.05, 0.1) is 16.4 Å². The molecule has 1 aliphatic rings. The summed E-state index contributed by atoms with van der Waals surface area (Å²) in [6.45, 7) is 12.0. The van der Waals surface area contributed by atoms with Gasteiger partial charge in [-0.3, -0.25) is 9.35 Å². The third-order valence-corrected chi connectivity index (χ3v) is 10.8. The second kappa shape index (κ2) is 16.6. The molecule has 0 radical (unpaired) electrons. The second-order valence-corrected chi connectivity index (χ2v) is 15.6. The monoisotopic (exact) mass is 720 g/mol. The van der Waals surface area contributed by atoms with Gasteiger partial charge in [0.1, 0.15) is 22.4 Å². The van der Waals surface area contributed by atoms with Crippen molar-refractivity contribution >= 4 is 37.6 Å². The van der Waals surface area contributed by atoms with Crippen molar-refractivity contribution in [2.24, 2.45) is 0 Å². The minimum absolute atomic E-state index is 0.0647. The summed E-state index contributed by atoms with van der Waals surface area (Å²) in [6, 6.07) is 8.83. The minimum atomic E-state index is -4.72. The molecule has 0 fully saturated rings. The van der Waals surface area contributed by atoms with Gasteiger partial charge in [0.25, 0.3) is 10.1 Å². The van der Waals surface area contributed by atoms with Crippen molar-refractivity contribution in [3.8, 4) is 0 Å². The lowest BCUT2D eigenvalue weighted by atomic mass is 9.77. The van der Waals surface area contributed by atoms with Crippen LogP contribution in [-0.4, -0.2) is 77.5 Å². The molecule has 0 saturated carbocycles. The van der Waals surface area contributed by atoms with Gasteiger partial charge >= 0.3 is 5.97 Å². The molecule has 0 aliphatic carbocycles. The van der Waals surface area contributed by atoms with Crippen LogP contribution in [0.1, 0.15) is 64.0 Å². The van der Waals surface area contributed by atoms with E-state index in [-0.39, 0.29) is 16.2 Å². The first-order chi connectivity index (χ1) is 22.9. The molecule has 270 valence electrons. The number of carboxylic acids is 1. The number of hydrogen-bond donors (Lipinski definition) is 3. The smallest absolute Gasteiger partial charge is 0.303 e. The number of nitrogens with zero attached hydrogens (tertiary/aromatic N) is 1. The van der Waals surface area contributed by atoms with Gasteiger partial charge in [-0.15, -0.1) is 0 Å². The lowest BCUT2D eigenvalue weighted by Gasteiger charge is -2.30. The Bertz CT molecular complexity index is 1800. The van der Waals surface area contributed by atoms with E-state index in [1.54, 1.807) is 26.4 Å². The SMILES string of the molecule is C=C(C=CC=C1N(CCCCCC(=O)O)c2ccc(S(=O)(=O)[O-])cc2C1(C)CCOC)C(C)(C)c1cc(S(=O)(=O)O)ccc1[NH2+]CCOC. The number of rotatable bonds is 19. The average molecular weight is 721 g/mol. The standard InChI is InChI=1S/C35H48N2O10S2/c1-25(34(2,3)28-23-26(48(40,41)42)14-16-30(28)36-19-22-47-6)11-10-12-32-35(4,18-21-46-5)29-24-27(49(43,44)45)15-17-31(29)37(32)20-9-7-8-13-33(38)39/h10-12,14-17,23-24,36H,1,7-9,13,18-22H2,2-6H3,(H,38,39)(H,40,41,42)(H,43,44,45). The third-order valence-electron chi connectivity index (χ3n) is 9.11. The highest BCUT2D eigenvalue weighted by Crippen LogP contribution is 2.51. The van der Waals surface area contributed by atoms with Crippen molar-refractivity contribution in [1.82, 2.24) is 0 Å². The number of allylic oxidation sites excluding steroid dienone is 5. The first-order valence-corrected chi connectivity index (χ1v) is 18.8. The molecule has 14 heteroatoms. The summed E-state index contributed by atoms with van der Waals surface area (Å²) in [4.78, 5) is 12.6. The normalized spacial score (nSPS) is 17.6. The van der Waals surface area contributed by atoms with Crippen LogP contribution >= 0.6 is 0 Å². The molecule has 1 atom stereocenters. The van der Waals surface area contributed by atoms with Crippen LogP contribution in [-0.2, 0) is 45.3 Å². The van der Waals surface area contributed by atoms with Crippen LogP contribution in [0.3, 0.4) is 0 Å². The van der Waals surface area contributed by atoms with Gasteiger partial charge in [-0.2, -0.15) is 8.42 Å². The predicted octanol–water partition coefficient (Wildman–Crippen LogP) is 4.41. The summed E-state index contributed by atoms with van der Waals surface area (Å²) in [5.41, 5.74) is 2.79. The molecule has 1 heterocycles. The molecule has 0 bridgehead atoms. The zero-order chi connectivity index (χ0) is 36.6. The summed E-state index contributed by atoms with van der Waals surface area (Å²) in [5, 5.41) is 11.0. The molecule has 2 aromatic carbocycles. The fourth-order valence-corrected chi connectivity index (χ4v) is 7.11. The van der Waals surface area contributed by atoms with Crippen molar-refractivity contribution in [2.45, 2.75) is 73.5 Å². The summed E-state index contributed by atoms with van der Waals surface area (Å²) in [7, 11) is -6.01. The Kier molecular flexibility index (Phi) is 13.5. The van der Waals surface area contributed by atoms with Gasteiger partial charge in [-0.1, -0.05) is 39.0 Å². The Balaban J connectivity index is 2.08. The van der Waals surface area contributed by atoms with E-state index in [1.807, 2.05) is 44.3 Å². The van der Waals surface area contributed by atoms with E-state index in [0.29, 0.717) is 68.7 Å². The van der Waals surface area contributed by atoms with E-state index < -0.39 is 37.0 Å². The van der Waals surface area contributed by atoms with E-state index in [4.69, 9.17) is 14.6 Å². The molecule has 12 nitrogen and oxygen atoms in total. The maximum absolute atomic E-state index is 12.0. The van der Waals surface area contributed by atoms with Crippen LogP contribution in [0.25, 0.3) is 0 Å². The van der Waals surface area contributed by atoms with Gasteiger partial charge in [-0.25, -0.2) is 8.42 Å². The van der Waals surface area contributed by atoms with Crippen LogP contribution in [0.4, 0.5) is 11.4 Å². The molecular formula is C35H48N2O10S2. The van der Waals surface area contributed by atoms with Gasteiger partial charge in [0.2, 0.25) is 0 Å². The topological polar surface area (TPSA) is 187 Å². The van der Waals surface area contributed by atoms with Crippen LogP contribution in [0.2, 0.25) is 0 Å². The van der Waals surface area contributed by atoms with E-state index >= 15 is 0 Å². The number of hydrogen-bond acceptors (Lipinski definition) is 9. The number of carboxylic acid groups (broad SMARTS) is 1. The number of methoxy groups -OCH3 is 2. The molecule has 0 aromatic heterocycles. The molecular weight excluding hydrogens is 673 g/mol. The summed E-state index contributed by atoms with van der Waals surface area (Å²) in [5.74, 6) is -0.858. The lowest BCUT2D eigenvalue weighted by molar-refractivity contribution is -0.574. The molecule has 1 aliphatic heterocycles. The average Bonchev–Trinajstić information content (AvgIpc) is 3.25. The quantitative estimate of drug-likeness (QED) is 0.0808. The summed E-state index contributed by atoms with van der Waals surface area (Å²) in [6.07, 6.45) is 7.97. The first kappa shape index (κ1) is 40.1. The van der Waals surface area contributed by atoms with E-state index in [1.165, 1.54) is 24.3 Å². The van der Waals surface area contributed by atoms with Crippen molar-refractivity contribution in [2.75, 3.05) is 45.4 Å². The number of quaternary nitrogens is 1. The zero-order valence-electron chi connectivity index (χ0n) is 28.8. The Morgan fingerprint density at radius 3 is 2.33 bits per heavy atom. The molecule has 49 heavy (non-hydrogen) atoms. The van der Waals surface area contributed by atoms with Crippen molar-refractivity contribution in [3.63, 3.8) is 0 Å². The summed E-state index contributed by atoms with van der Waals surface area (Å²) >= 11 is 0. The Morgan fingerprint density at radius 2 is 1.71 bits per heavy atom. The highest BCUT2D eigenvalue weighted by molar-refractivity contribution is 7.86. The second-order valence-electron chi connectivity index (χ2n) is 12.8. The molecule has 0 saturated heterocycles. The fourth-order valence-electron chi connectivity index (χ4n) is 6.10. The van der Waals surface area contributed by atoms with Gasteiger partial charge in [0, 0.05) is 67.6 Å². The van der Waals surface area contributed by atoms with Crippen LogP contribution < -0.4 is 10.2 Å². The highest BCUT2D eigenvalue weighted by atomic mass is 32.2. The number of nitrogens with two attached hydrogens (primary N) is 1. The minimum Gasteiger partial charge on any atom is -0.744 e. The molecule has 0 spiro atoms. The molecule has 2 aromatic rings. The number of benzene rings is 2.